The Kier molecular flexibility index (Phi) is 8.47. The summed E-state index contributed by atoms with van der Waals surface area (Å²) in [5.41, 5.74) is 3.91. The summed E-state index contributed by atoms with van der Waals surface area (Å²) in [6, 6.07) is 15.9. The summed E-state index contributed by atoms with van der Waals surface area (Å²) in [6.45, 7) is 8.05. The highest BCUT2D eigenvalue weighted by Gasteiger charge is 2.20. The minimum Gasteiger partial charge on any atom is -0.326 e. The van der Waals surface area contributed by atoms with Crippen LogP contribution in [0.5, 0.6) is 0 Å². The van der Waals surface area contributed by atoms with Crippen molar-refractivity contribution < 1.29 is 9.59 Å². The number of carbonyl (C=O) groups is 2. The first-order valence-electron chi connectivity index (χ1n) is 10.8. The second-order valence-corrected chi connectivity index (χ2v) is 10.1. The maximum absolute atomic E-state index is 13.0. The molecule has 1 atom stereocenters. The fourth-order valence-electron chi connectivity index (χ4n) is 3.20. The van der Waals surface area contributed by atoms with Crippen molar-refractivity contribution in [1.82, 2.24) is 4.98 Å². The van der Waals surface area contributed by atoms with Gasteiger partial charge in [-0.05, 0) is 44.9 Å². The number of nitrogens with zero attached hydrogens (tertiary/aromatic N) is 1. The summed E-state index contributed by atoms with van der Waals surface area (Å²) in [6.07, 6.45) is 1.98. The van der Waals surface area contributed by atoms with Crippen LogP contribution in [-0.4, -0.2) is 22.0 Å². The molecule has 2 aromatic carbocycles. The smallest absolute Gasteiger partial charge is 0.239 e. The molecular formula is C25H29N3O2S2. The minimum absolute atomic E-state index is 0.00274. The molecule has 2 amide bonds. The zero-order valence-corrected chi connectivity index (χ0v) is 20.5. The van der Waals surface area contributed by atoms with Crippen molar-refractivity contribution in [1.29, 1.82) is 0 Å². The minimum atomic E-state index is -0.261. The Bertz CT molecular complexity index is 1080. The van der Waals surface area contributed by atoms with Gasteiger partial charge in [0.1, 0.15) is 0 Å². The second kappa shape index (κ2) is 11.3. The molecule has 3 rings (SSSR count). The highest BCUT2D eigenvalue weighted by atomic mass is 32.2. The van der Waals surface area contributed by atoms with Gasteiger partial charge in [-0.2, -0.15) is 0 Å². The van der Waals surface area contributed by atoms with Crippen LogP contribution in [0.4, 0.5) is 10.8 Å². The second-order valence-electron chi connectivity index (χ2n) is 7.62. The monoisotopic (exact) mass is 467 g/mol. The Labute approximate surface area is 198 Å². The summed E-state index contributed by atoms with van der Waals surface area (Å²) >= 11 is 2.98. The van der Waals surface area contributed by atoms with Gasteiger partial charge in [0.05, 0.1) is 10.9 Å². The first-order chi connectivity index (χ1) is 15.4. The lowest BCUT2D eigenvalue weighted by Gasteiger charge is -2.14. The van der Waals surface area contributed by atoms with Crippen LogP contribution in [0.25, 0.3) is 11.3 Å². The maximum Gasteiger partial charge on any atom is 0.239 e. The van der Waals surface area contributed by atoms with Gasteiger partial charge in [-0.15, -0.1) is 23.1 Å². The van der Waals surface area contributed by atoms with Crippen molar-refractivity contribution in [2.24, 2.45) is 0 Å². The Balaban J connectivity index is 1.67. The predicted molar refractivity (Wildman–Crippen MR) is 136 cm³/mol. The van der Waals surface area contributed by atoms with Crippen LogP contribution in [0, 0.1) is 13.8 Å². The molecule has 1 heterocycles. The van der Waals surface area contributed by atoms with Crippen LogP contribution >= 0.6 is 23.1 Å². The molecular weight excluding hydrogens is 438 g/mol. The third-order valence-corrected chi connectivity index (χ3v) is 7.13. The van der Waals surface area contributed by atoms with Gasteiger partial charge in [-0.25, -0.2) is 4.98 Å². The van der Waals surface area contributed by atoms with E-state index in [1.807, 2.05) is 45.0 Å². The van der Waals surface area contributed by atoms with E-state index in [1.54, 1.807) is 0 Å². The molecule has 0 radical (unpaired) electrons. The van der Waals surface area contributed by atoms with E-state index in [0.717, 1.165) is 33.1 Å². The molecule has 0 aliphatic carbocycles. The average Bonchev–Trinajstić information content (AvgIpc) is 3.12. The molecule has 1 unspecified atom stereocenters. The number of thioether (sulfide) groups is 1. The van der Waals surface area contributed by atoms with Crippen LogP contribution in [0.15, 0.2) is 53.4 Å². The van der Waals surface area contributed by atoms with Crippen molar-refractivity contribution in [2.45, 2.75) is 57.1 Å². The topological polar surface area (TPSA) is 71.1 Å². The van der Waals surface area contributed by atoms with Crippen LogP contribution in [0.3, 0.4) is 0 Å². The van der Waals surface area contributed by atoms with Gasteiger partial charge in [-0.1, -0.05) is 49.7 Å². The molecule has 32 heavy (non-hydrogen) atoms. The third kappa shape index (κ3) is 6.43. The molecule has 0 aliphatic heterocycles. The molecule has 0 fully saturated rings. The standard InChI is InChI=1S/C25H29N3O2S2/c1-5-8-22(29)26-19-9-7-10-20(15-19)32-21(6-2)24(30)28-25-27-23(17(4)31-25)18-13-11-16(3)12-14-18/h7,9-15,21H,5-6,8H2,1-4H3,(H,26,29)(H,27,28,30). The van der Waals surface area contributed by atoms with E-state index in [9.17, 15) is 9.59 Å². The van der Waals surface area contributed by atoms with Crippen LogP contribution in [-0.2, 0) is 9.59 Å². The predicted octanol–water partition coefficient (Wildman–Crippen LogP) is 6.67. The number of anilines is 2. The Morgan fingerprint density at radius 3 is 2.50 bits per heavy atom. The number of aromatic nitrogens is 1. The number of amides is 2. The van der Waals surface area contributed by atoms with Crippen LogP contribution in [0.1, 0.15) is 43.6 Å². The van der Waals surface area contributed by atoms with E-state index in [0.29, 0.717) is 18.0 Å². The molecule has 0 aliphatic rings. The summed E-state index contributed by atoms with van der Waals surface area (Å²) in [5, 5.41) is 6.26. The lowest BCUT2D eigenvalue weighted by atomic mass is 10.1. The zero-order valence-electron chi connectivity index (χ0n) is 18.9. The highest BCUT2D eigenvalue weighted by molar-refractivity contribution is 8.00. The van der Waals surface area contributed by atoms with Gasteiger partial charge >= 0.3 is 0 Å². The van der Waals surface area contributed by atoms with Gasteiger partial charge < -0.3 is 10.6 Å². The summed E-state index contributed by atoms with van der Waals surface area (Å²) in [4.78, 5) is 31.5. The van der Waals surface area contributed by atoms with E-state index in [4.69, 9.17) is 0 Å². The highest BCUT2D eigenvalue weighted by Crippen LogP contribution is 2.32. The number of hydrogen-bond acceptors (Lipinski definition) is 5. The normalized spacial score (nSPS) is 11.8. The van der Waals surface area contributed by atoms with Crippen molar-refractivity contribution in [3.05, 3.63) is 59.0 Å². The van der Waals surface area contributed by atoms with E-state index in [1.165, 1.54) is 28.7 Å². The van der Waals surface area contributed by atoms with Crippen LogP contribution in [0.2, 0.25) is 0 Å². The molecule has 5 nitrogen and oxygen atoms in total. The Morgan fingerprint density at radius 1 is 1.06 bits per heavy atom. The molecule has 3 aromatic rings. The van der Waals surface area contributed by atoms with E-state index in [2.05, 4.69) is 46.8 Å². The number of nitrogens with one attached hydrogen (secondary N) is 2. The molecule has 2 N–H and O–H groups in total. The number of rotatable bonds is 9. The van der Waals surface area contributed by atoms with Gasteiger partial charge in [-0.3, -0.25) is 9.59 Å². The number of carbonyl (C=O) groups excluding carboxylic acids is 2. The molecule has 0 bridgehead atoms. The molecule has 0 spiro atoms. The van der Waals surface area contributed by atoms with Gasteiger partial charge in [0, 0.05) is 27.4 Å². The largest absolute Gasteiger partial charge is 0.326 e. The maximum atomic E-state index is 13.0. The first-order valence-corrected chi connectivity index (χ1v) is 12.5. The van der Waals surface area contributed by atoms with Crippen molar-refractivity contribution in [2.75, 3.05) is 10.6 Å². The van der Waals surface area contributed by atoms with Gasteiger partial charge in [0.2, 0.25) is 11.8 Å². The van der Waals surface area contributed by atoms with Crippen molar-refractivity contribution in [3.63, 3.8) is 0 Å². The Morgan fingerprint density at radius 2 is 1.81 bits per heavy atom. The zero-order chi connectivity index (χ0) is 23.1. The van der Waals surface area contributed by atoms with Crippen LogP contribution < -0.4 is 10.6 Å². The molecule has 7 heteroatoms. The fourth-order valence-corrected chi connectivity index (χ4v) is 5.05. The summed E-state index contributed by atoms with van der Waals surface area (Å²) < 4.78 is 0. The van der Waals surface area contributed by atoms with Crippen molar-refractivity contribution in [3.8, 4) is 11.3 Å². The SMILES string of the molecule is CCCC(=O)Nc1cccc(SC(CC)C(=O)Nc2nc(-c3ccc(C)cc3)c(C)s2)c1. The molecule has 168 valence electrons. The lowest BCUT2D eigenvalue weighted by molar-refractivity contribution is -0.116. The number of thiazole rings is 1. The van der Waals surface area contributed by atoms with E-state index in [-0.39, 0.29) is 17.1 Å². The molecule has 1 aromatic heterocycles. The fraction of sp³-hybridized carbons (Fsp3) is 0.320. The molecule has 0 saturated carbocycles. The number of aryl methyl sites for hydroxylation is 2. The lowest BCUT2D eigenvalue weighted by Crippen LogP contribution is -2.24. The number of benzene rings is 2. The van der Waals surface area contributed by atoms with E-state index < -0.39 is 0 Å². The molecule has 0 saturated heterocycles. The summed E-state index contributed by atoms with van der Waals surface area (Å²) in [5.74, 6) is -0.0647. The van der Waals surface area contributed by atoms with E-state index >= 15 is 0 Å². The third-order valence-electron chi connectivity index (χ3n) is 4.89. The van der Waals surface area contributed by atoms with Crippen molar-refractivity contribution >= 4 is 45.7 Å². The Hall–Kier alpha value is -2.64. The van der Waals surface area contributed by atoms with Gasteiger partial charge in [0.15, 0.2) is 5.13 Å². The number of hydrogen-bond donors (Lipinski definition) is 2. The average molecular weight is 468 g/mol. The summed E-state index contributed by atoms with van der Waals surface area (Å²) in [7, 11) is 0. The first kappa shape index (κ1) is 24.0. The quantitative estimate of drug-likeness (QED) is 0.345. The van der Waals surface area contributed by atoms with Gasteiger partial charge in [0.25, 0.3) is 0 Å².